The van der Waals surface area contributed by atoms with E-state index in [2.05, 4.69) is 14.8 Å². The van der Waals surface area contributed by atoms with E-state index in [9.17, 15) is 26.4 Å². The zero-order valence-corrected chi connectivity index (χ0v) is 14.3. The van der Waals surface area contributed by atoms with Gasteiger partial charge in [-0.15, -0.1) is 0 Å². The van der Waals surface area contributed by atoms with Crippen LogP contribution in [-0.2, 0) is 14.8 Å². The van der Waals surface area contributed by atoms with Crippen LogP contribution in [0.2, 0.25) is 0 Å². The van der Waals surface area contributed by atoms with Crippen molar-refractivity contribution in [2.75, 3.05) is 16.6 Å². The third-order valence-corrected chi connectivity index (χ3v) is 4.39. The summed E-state index contributed by atoms with van der Waals surface area (Å²) in [6, 6.07) is 10.7. The van der Waals surface area contributed by atoms with Crippen molar-refractivity contribution in [1.29, 1.82) is 0 Å². The molecule has 2 N–H and O–H groups in total. The van der Waals surface area contributed by atoms with Crippen molar-refractivity contribution in [3.63, 3.8) is 0 Å². The summed E-state index contributed by atoms with van der Waals surface area (Å²) in [5, 5.41) is 2.49. The van der Waals surface area contributed by atoms with Crippen LogP contribution in [0.25, 0.3) is 0 Å². The number of nitrogens with one attached hydrogen (secondary N) is 2. The predicted molar refractivity (Wildman–Crippen MR) is 89.5 cm³/mol. The highest BCUT2D eigenvalue weighted by molar-refractivity contribution is 7.92. The number of hydrogen-bond donors (Lipinski definition) is 2. The van der Waals surface area contributed by atoms with Crippen LogP contribution in [-0.4, -0.2) is 27.1 Å². The molecule has 0 aromatic heterocycles. The first-order chi connectivity index (χ1) is 12.1. The molecular formula is C16H15F3N2O4S. The Balaban J connectivity index is 2.20. The van der Waals surface area contributed by atoms with Crippen molar-refractivity contribution >= 4 is 27.3 Å². The molecule has 2 aromatic carbocycles. The molecule has 2 rings (SSSR count). The zero-order valence-electron chi connectivity index (χ0n) is 13.5. The van der Waals surface area contributed by atoms with E-state index in [-0.39, 0.29) is 22.2 Å². The lowest BCUT2D eigenvalue weighted by Crippen LogP contribution is -2.20. The molecule has 0 unspecified atom stereocenters. The van der Waals surface area contributed by atoms with Crippen molar-refractivity contribution in [2.24, 2.45) is 0 Å². The molecule has 10 heteroatoms. The normalized spacial score (nSPS) is 11.7. The van der Waals surface area contributed by atoms with Crippen molar-refractivity contribution < 1.29 is 31.1 Å². The Bertz CT molecular complexity index is 881. The maximum absolute atomic E-state index is 12.4. The second-order valence-electron chi connectivity index (χ2n) is 5.21. The fourth-order valence-corrected chi connectivity index (χ4v) is 3.03. The Morgan fingerprint density at radius 1 is 1.08 bits per heavy atom. The molecule has 1 amide bonds. The number of alkyl halides is 3. The molecule has 0 heterocycles. The molecular weight excluding hydrogens is 373 g/mol. The predicted octanol–water partition coefficient (Wildman–Crippen LogP) is 3.39. The van der Waals surface area contributed by atoms with Gasteiger partial charge in [-0.25, -0.2) is 8.42 Å². The lowest BCUT2D eigenvalue weighted by molar-refractivity contribution is -0.153. The van der Waals surface area contributed by atoms with Gasteiger partial charge in [0.25, 0.3) is 10.0 Å². The van der Waals surface area contributed by atoms with Crippen LogP contribution in [0.15, 0.2) is 53.4 Å². The molecule has 0 atom stereocenters. The first kappa shape index (κ1) is 19.6. The Morgan fingerprint density at radius 2 is 1.69 bits per heavy atom. The average Bonchev–Trinajstić information content (AvgIpc) is 2.53. The second-order valence-corrected chi connectivity index (χ2v) is 6.89. The summed E-state index contributed by atoms with van der Waals surface area (Å²) in [7, 11) is -4.06. The van der Waals surface area contributed by atoms with Crippen LogP contribution in [0.3, 0.4) is 0 Å². The summed E-state index contributed by atoms with van der Waals surface area (Å²) < 4.78 is 68.6. The fourth-order valence-electron chi connectivity index (χ4n) is 1.96. The minimum Gasteiger partial charge on any atom is -0.482 e. The minimum absolute atomic E-state index is 0.123. The van der Waals surface area contributed by atoms with Gasteiger partial charge < -0.3 is 10.1 Å². The summed E-state index contributed by atoms with van der Waals surface area (Å²) in [4.78, 5) is 10.8. The molecule has 0 saturated carbocycles. The Morgan fingerprint density at radius 3 is 2.27 bits per heavy atom. The third-order valence-electron chi connectivity index (χ3n) is 3.01. The van der Waals surface area contributed by atoms with E-state index in [0.29, 0.717) is 5.69 Å². The van der Waals surface area contributed by atoms with Crippen LogP contribution in [0.5, 0.6) is 5.75 Å². The van der Waals surface area contributed by atoms with E-state index in [0.717, 1.165) is 0 Å². The van der Waals surface area contributed by atoms with Gasteiger partial charge in [0.05, 0.1) is 10.6 Å². The Labute approximate surface area is 148 Å². The monoisotopic (exact) mass is 388 g/mol. The molecule has 2 aromatic rings. The van der Waals surface area contributed by atoms with Gasteiger partial charge in [0, 0.05) is 12.6 Å². The van der Waals surface area contributed by atoms with Gasteiger partial charge in [0.1, 0.15) is 5.75 Å². The highest BCUT2D eigenvalue weighted by Crippen LogP contribution is 2.28. The number of para-hydroxylation sites is 2. The highest BCUT2D eigenvalue weighted by atomic mass is 32.2. The maximum atomic E-state index is 12.4. The smallest absolute Gasteiger partial charge is 0.422 e. The zero-order chi connectivity index (χ0) is 19.4. The quantitative estimate of drug-likeness (QED) is 0.795. The van der Waals surface area contributed by atoms with Crippen molar-refractivity contribution in [3.8, 4) is 5.75 Å². The lowest BCUT2D eigenvalue weighted by atomic mass is 10.3. The average molecular weight is 388 g/mol. The van der Waals surface area contributed by atoms with Gasteiger partial charge in [-0.05, 0) is 36.4 Å². The van der Waals surface area contributed by atoms with Gasteiger partial charge in [0.15, 0.2) is 6.61 Å². The van der Waals surface area contributed by atoms with E-state index in [4.69, 9.17) is 0 Å². The Kier molecular flexibility index (Phi) is 5.76. The van der Waals surface area contributed by atoms with Crippen LogP contribution < -0.4 is 14.8 Å². The number of amides is 1. The van der Waals surface area contributed by atoms with Gasteiger partial charge >= 0.3 is 6.18 Å². The van der Waals surface area contributed by atoms with E-state index in [1.54, 1.807) is 0 Å². The van der Waals surface area contributed by atoms with Crippen LogP contribution in [0.4, 0.5) is 24.5 Å². The minimum atomic E-state index is -4.55. The number of halogens is 3. The number of carbonyl (C=O) groups excluding carboxylic acids is 1. The maximum Gasteiger partial charge on any atom is 0.422 e. The molecule has 0 radical (unpaired) electrons. The number of benzene rings is 2. The van der Waals surface area contributed by atoms with E-state index >= 15 is 0 Å². The highest BCUT2D eigenvalue weighted by Gasteiger charge is 2.29. The number of ether oxygens (including phenoxy) is 1. The molecule has 26 heavy (non-hydrogen) atoms. The number of sulfonamides is 1. The third kappa shape index (κ3) is 5.66. The molecule has 140 valence electrons. The summed E-state index contributed by atoms with van der Waals surface area (Å²) >= 11 is 0. The molecule has 6 nitrogen and oxygen atoms in total. The van der Waals surface area contributed by atoms with Gasteiger partial charge in [-0.2, -0.15) is 13.2 Å². The summed E-state index contributed by atoms with van der Waals surface area (Å²) in [5.74, 6) is -0.558. The standard InChI is InChI=1S/C16H15F3N2O4S/c1-11(22)20-12-6-8-13(9-7-12)26(23,24)21-14-4-2-3-5-15(14)25-10-16(17,18)19/h2-9,21H,10H2,1H3,(H,20,22). The number of anilines is 2. The van der Waals surface area contributed by atoms with Gasteiger partial charge in [-0.1, -0.05) is 12.1 Å². The molecule has 0 bridgehead atoms. The molecule has 0 saturated heterocycles. The SMILES string of the molecule is CC(=O)Nc1ccc(S(=O)(=O)Nc2ccccc2OCC(F)(F)F)cc1. The largest absolute Gasteiger partial charge is 0.482 e. The molecule has 0 aliphatic rings. The van der Waals surface area contributed by atoms with Crippen LogP contribution in [0.1, 0.15) is 6.92 Å². The van der Waals surface area contributed by atoms with E-state index < -0.39 is 22.8 Å². The van der Waals surface area contributed by atoms with Crippen LogP contribution >= 0.6 is 0 Å². The molecule has 0 spiro atoms. The topological polar surface area (TPSA) is 84.5 Å². The summed E-state index contributed by atoms with van der Waals surface area (Å²) in [5.41, 5.74) is 0.285. The first-order valence-corrected chi connectivity index (χ1v) is 8.74. The van der Waals surface area contributed by atoms with Gasteiger partial charge in [0.2, 0.25) is 5.91 Å². The second kappa shape index (κ2) is 7.65. The number of rotatable bonds is 6. The van der Waals surface area contributed by atoms with Crippen molar-refractivity contribution in [2.45, 2.75) is 18.0 Å². The number of hydrogen-bond acceptors (Lipinski definition) is 4. The molecule has 0 fully saturated rings. The summed E-state index contributed by atoms with van der Waals surface area (Å²) in [6.45, 7) is -0.235. The fraction of sp³-hybridized carbons (Fsp3) is 0.188. The van der Waals surface area contributed by atoms with Crippen molar-refractivity contribution in [3.05, 3.63) is 48.5 Å². The molecule has 0 aliphatic heterocycles. The van der Waals surface area contributed by atoms with E-state index in [1.165, 1.54) is 55.5 Å². The lowest BCUT2D eigenvalue weighted by Gasteiger charge is -2.14. The summed E-state index contributed by atoms with van der Waals surface area (Å²) in [6.07, 6.45) is -4.55. The van der Waals surface area contributed by atoms with Crippen molar-refractivity contribution in [1.82, 2.24) is 0 Å². The molecule has 0 aliphatic carbocycles. The van der Waals surface area contributed by atoms with Crippen LogP contribution in [0, 0.1) is 0 Å². The number of carbonyl (C=O) groups is 1. The van der Waals surface area contributed by atoms with Gasteiger partial charge in [-0.3, -0.25) is 9.52 Å². The first-order valence-electron chi connectivity index (χ1n) is 7.26. The Hall–Kier alpha value is -2.75. The van der Waals surface area contributed by atoms with E-state index in [1.807, 2.05) is 0 Å².